The number of piperidine rings is 1. The standard InChI is InChI=1S/C19H24N4OS/c24-19(21-15-7-13-3-6-22(11-13)12-15)16-9-17-14(10-20-16)8-18(25-17)23-4-1-2-5-23/h8-10,13,15H,1-7,11-12H2,(H,21,24)/t13-,15+/m0/s1. The maximum absolute atomic E-state index is 12.7. The van der Waals surface area contributed by atoms with Crippen molar-refractivity contribution >= 4 is 32.3 Å². The third kappa shape index (κ3) is 3.02. The first kappa shape index (κ1) is 15.6. The highest BCUT2D eigenvalue weighted by molar-refractivity contribution is 7.22. The van der Waals surface area contributed by atoms with Gasteiger partial charge in [0.2, 0.25) is 0 Å². The van der Waals surface area contributed by atoms with Gasteiger partial charge < -0.3 is 15.1 Å². The molecule has 0 spiro atoms. The summed E-state index contributed by atoms with van der Waals surface area (Å²) in [5, 5.41) is 5.67. The topological polar surface area (TPSA) is 48.5 Å². The Bertz CT molecular complexity index is 786. The predicted molar refractivity (Wildman–Crippen MR) is 101 cm³/mol. The molecule has 132 valence electrons. The molecule has 0 aromatic carbocycles. The van der Waals surface area contributed by atoms with Gasteiger partial charge in [-0.3, -0.25) is 9.78 Å². The van der Waals surface area contributed by atoms with Gasteiger partial charge in [-0.25, -0.2) is 0 Å². The molecular formula is C19H24N4OS. The number of fused-ring (bicyclic) bond motifs is 3. The molecule has 0 aliphatic carbocycles. The number of thiophene rings is 1. The fourth-order valence-corrected chi connectivity index (χ4v) is 5.68. The Balaban J connectivity index is 1.32. The average molecular weight is 356 g/mol. The summed E-state index contributed by atoms with van der Waals surface area (Å²) in [6, 6.07) is 4.45. The number of nitrogens with zero attached hydrogens (tertiary/aromatic N) is 3. The Labute approximate surface area is 152 Å². The molecule has 2 aromatic rings. The van der Waals surface area contributed by atoms with E-state index in [4.69, 9.17) is 0 Å². The molecule has 0 saturated carbocycles. The van der Waals surface area contributed by atoms with Crippen LogP contribution in [0.4, 0.5) is 5.00 Å². The van der Waals surface area contributed by atoms with Crippen LogP contribution >= 0.6 is 11.3 Å². The summed E-state index contributed by atoms with van der Waals surface area (Å²) in [5.74, 6) is 0.736. The van der Waals surface area contributed by atoms with E-state index in [0.717, 1.165) is 42.1 Å². The summed E-state index contributed by atoms with van der Waals surface area (Å²) in [7, 11) is 0. The molecule has 3 saturated heterocycles. The normalized spacial score (nSPS) is 28.6. The van der Waals surface area contributed by atoms with Crippen molar-refractivity contribution in [3.63, 3.8) is 0 Å². The van der Waals surface area contributed by atoms with Crippen molar-refractivity contribution in [2.45, 2.75) is 31.7 Å². The monoisotopic (exact) mass is 356 g/mol. The van der Waals surface area contributed by atoms with E-state index in [1.54, 1.807) is 11.3 Å². The van der Waals surface area contributed by atoms with Crippen molar-refractivity contribution in [2.24, 2.45) is 5.92 Å². The number of nitrogens with one attached hydrogen (secondary N) is 1. The second-order valence-electron chi connectivity index (χ2n) is 7.71. The number of carbonyl (C=O) groups is 1. The van der Waals surface area contributed by atoms with Crippen molar-refractivity contribution in [1.82, 2.24) is 15.2 Å². The van der Waals surface area contributed by atoms with Gasteiger partial charge in [0.1, 0.15) is 5.69 Å². The van der Waals surface area contributed by atoms with E-state index in [0.29, 0.717) is 5.69 Å². The minimum atomic E-state index is -0.0227. The average Bonchev–Trinajstić information content (AvgIpc) is 3.33. The summed E-state index contributed by atoms with van der Waals surface area (Å²) in [6.45, 7) is 5.68. The fraction of sp³-hybridized carbons (Fsp3) is 0.579. The summed E-state index contributed by atoms with van der Waals surface area (Å²) < 4.78 is 1.16. The van der Waals surface area contributed by atoms with Crippen molar-refractivity contribution in [3.8, 4) is 0 Å². The molecule has 1 unspecified atom stereocenters. The van der Waals surface area contributed by atoms with Gasteiger partial charge in [-0.05, 0) is 50.3 Å². The lowest BCUT2D eigenvalue weighted by Gasteiger charge is -2.30. The van der Waals surface area contributed by atoms with Crippen LogP contribution in [0.5, 0.6) is 0 Å². The van der Waals surface area contributed by atoms with Crippen LogP contribution in [0.2, 0.25) is 0 Å². The second-order valence-corrected chi connectivity index (χ2v) is 8.77. The highest BCUT2D eigenvalue weighted by Gasteiger charge is 2.33. The first-order chi connectivity index (χ1) is 12.2. The molecule has 5 rings (SSSR count). The SMILES string of the molecule is O=C(N[C@@H]1C[C@@H]2CCN(C2)C1)c1cc2sc(N3CCCC3)cc2cn1. The highest BCUT2D eigenvalue weighted by Crippen LogP contribution is 2.34. The zero-order valence-corrected chi connectivity index (χ0v) is 15.2. The fourth-order valence-electron chi connectivity index (χ4n) is 4.56. The van der Waals surface area contributed by atoms with Crippen LogP contribution < -0.4 is 10.2 Å². The Morgan fingerprint density at radius 1 is 1.20 bits per heavy atom. The van der Waals surface area contributed by atoms with E-state index >= 15 is 0 Å². The number of hydrogen-bond acceptors (Lipinski definition) is 5. The van der Waals surface area contributed by atoms with E-state index < -0.39 is 0 Å². The molecule has 1 N–H and O–H groups in total. The summed E-state index contributed by atoms with van der Waals surface area (Å²) in [6.07, 6.45) is 6.81. The maximum atomic E-state index is 12.7. The lowest BCUT2D eigenvalue weighted by molar-refractivity contribution is 0.0904. The lowest BCUT2D eigenvalue weighted by atomic mass is 9.97. The van der Waals surface area contributed by atoms with E-state index in [-0.39, 0.29) is 11.9 Å². The third-order valence-electron chi connectivity index (χ3n) is 5.84. The van der Waals surface area contributed by atoms with Gasteiger partial charge in [0.15, 0.2) is 0 Å². The van der Waals surface area contributed by atoms with Gasteiger partial charge in [-0.2, -0.15) is 0 Å². The van der Waals surface area contributed by atoms with Crippen LogP contribution in [0.15, 0.2) is 18.3 Å². The number of carbonyl (C=O) groups excluding carboxylic acids is 1. The smallest absolute Gasteiger partial charge is 0.270 e. The molecule has 5 nitrogen and oxygen atoms in total. The molecule has 25 heavy (non-hydrogen) atoms. The molecule has 3 fully saturated rings. The molecule has 6 heteroatoms. The van der Waals surface area contributed by atoms with Crippen LogP contribution in [-0.2, 0) is 0 Å². The van der Waals surface area contributed by atoms with Gasteiger partial charge >= 0.3 is 0 Å². The zero-order chi connectivity index (χ0) is 16.8. The summed E-state index contributed by atoms with van der Waals surface area (Å²) in [5.41, 5.74) is 0.551. The number of hydrogen-bond donors (Lipinski definition) is 1. The van der Waals surface area contributed by atoms with Crippen LogP contribution in [0.1, 0.15) is 36.2 Å². The molecular weight excluding hydrogens is 332 g/mol. The largest absolute Gasteiger partial charge is 0.363 e. The van der Waals surface area contributed by atoms with Crippen molar-refractivity contribution in [1.29, 1.82) is 0 Å². The minimum Gasteiger partial charge on any atom is -0.363 e. The van der Waals surface area contributed by atoms with Crippen molar-refractivity contribution < 1.29 is 4.79 Å². The molecule has 3 aliphatic rings. The van der Waals surface area contributed by atoms with Crippen molar-refractivity contribution in [3.05, 3.63) is 24.0 Å². The van der Waals surface area contributed by atoms with Gasteiger partial charge in [-0.1, -0.05) is 0 Å². The molecule has 2 bridgehead atoms. The Morgan fingerprint density at radius 2 is 2.08 bits per heavy atom. The molecule has 5 heterocycles. The number of rotatable bonds is 3. The number of amides is 1. The third-order valence-corrected chi connectivity index (χ3v) is 7.00. The highest BCUT2D eigenvalue weighted by atomic mass is 32.1. The summed E-state index contributed by atoms with van der Waals surface area (Å²) >= 11 is 1.78. The molecule has 3 atom stereocenters. The van der Waals surface area contributed by atoms with Crippen LogP contribution in [0.3, 0.4) is 0 Å². The van der Waals surface area contributed by atoms with E-state index in [2.05, 4.69) is 26.2 Å². The number of pyridine rings is 1. The van der Waals surface area contributed by atoms with Gasteiger partial charge in [0.05, 0.1) is 5.00 Å². The Hall–Kier alpha value is -1.66. The van der Waals surface area contributed by atoms with E-state index in [1.807, 2.05) is 12.3 Å². The van der Waals surface area contributed by atoms with Gasteiger partial charge in [-0.15, -0.1) is 11.3 Å². The number of anilines is 1. The van der Waals surface area contributed by atoms with Gasteiger partial charge in [0.25, 0.3) is 5.91 Å². The Kier molecular flexibility index (Phi) is 3.90. The molecule has 0 radical (unpaired) electrons. The van der Waals surface area contributed by atoms with E-state index in [1.165, 1.54) is 37.4 Å². The molecule has 2 aromatic heterocycles. The summed E-state index contributed by atoms with van der Waals surface area (Å²) in [4.78, 5) is 22.0. The lowest BCUT2D eigenvalue weighted by Crippen LogP contribution is -2.47. The molecule has 1 amide bonds. The Morgan fingerprint density at radius 3 is 2.92 bits per heavy atom. The predicted octanol–water partition coefficient (Wildman–Crippen LogP) is 2.72. The molecule has 3 aliphatic heterocycles. The van der Waals surface area contributed by atoms with Crippen LogP contribution in [0, 0.1) is 5.92 Å². The number of aromatic nitrogens is 1. The van der Waals surface area contributed by atoms with Crippen LogP contribution in [-0.4, -0.2) is 54.6 Å². The first-order valence-corrected chi connectivity index (χ1v) is 10.2. The van der Waals surface area contributed by atoms with Gasteiger partial charge in [0, 0.05) is 48.5 Å². The quantitative estimate of drug-likeness (QED) is 0.919. The first-order valence-electron chi connectivity index (χ1n) is 9.42. The van der Waals surface area contributed by atoms with E-state index in [9.17, 15) is 4.79 Å². The second kappa shape index (κ2) is 6.25. The minimum absolute atomic E-state index is 0.0227. The van der Waals surface area contributed by atoms with Crippen molar-refractivity contribution in [2.75, 3.05) is 37.6 Å². The van der Waals surface area contributed by atoms with Crippen LogP contribution in [0.25, 0.3) is 10.1 Å². The zero-order valence-electron chi connectivity index (χ0n) is 14.4. The maximum Gasteiger partial charge on any atom is 0.270 e.